The number of ether oxygens (including phenoxy) is 1. The zero-order valence-corrected chi connectivity index (χ0v) is 20.0. The molecule has 1 aliphatic rings. The van der Waals surface area contributed by atoms with Gasteiger partial charge in [-0.3, -0.25) is 14.7 Å². The molecule has 1 aromatic carbocycles. The van der Waals surface area contributed by atoms with Crippen LogP contribution in [0.5, 0.6) is 11.6 Å². The van der Waals surface area contributed by atoms with Crippen molar-refractivity contribution in [2.45, 2.75) is 52.6 Å². The molecule has 0 bridgehead atoms. The maximum atomic E-state index is 12.8. The number of hydrogen-bond donors (Lipinski definition) is 1. The van der Waals surface area contributed by atoms with Gasteiger partial charge in [-0.2, -0.15) is 0 Å². The minimum absolute atomic E-state index is 0.0205. The Morgan fingerprint density at radius 2 is 2.03 bits per heavy atom. The fraction of sp³-hybridized carbons (Fsp3) is 0.320. The molecule has 180 valence electrons. The van der Waals surface area contributed by atoms with Gasteiger partial charge in [-0.1, -0.05) is 19.0 Å². The number of fused-ring (bicyclic) bond motifs is 2. The molecule has 0 aliphatic carbocycles. The monoisotopic (exact) mass is 474 g/mol. The van der Waals surface area contributed by atoms with E-state index in [1.54, 1.807) is 30.2 Å². The number of nitrogens with zero attached hydrogens (tertiary/aromatic N) is 5. The molecule has 5 rings (SSSR count). The van der Waals surface area contributed by atoms with Gasteiger partial charge in [0.2, 0.25) is 11.8 Å². The highest BCUT2D eigenvalue weighted by atomic mass is 16.5. The average Bonchev–Trinajstić information content (AvgIpc) is 3.46. The van der Waals surface area contributed by atoms with E-state index >= 15 is 0 Å². The molecule has 1 N–H and O–H groups in total. The van der Waals surface area contributed by atoms with Crippen molar-refractivity contribution in [1.29, 1.82) is 0 Å². The van der Waals surface area contributed by atoms with E-state index in [4.69, 9.17) is 9.26 Å². The van der Waals surface area contributed by atoms with E-state index < -0.39 is 0 Å². The van der Waals surface area contributed by atoms with E-state index in [1.807, 2.05) is 39.0 Å². The number of benzene rings is 1. The van der Waals surface area contributed by atoms with Gasteiger partial charge in [0, 0.05) is 42.1 Å². The summed E-state index contributed by atoms with van der Waals surface area (Å²) in [5.74, 6) is 2.34. The number of anilines is 1. The van der Waals surface area contributed by atoms with Gasteiger partial charge in [-0.25, -0.2) is 14.8 Å². The highest BCUT2D eigenvalue weighted by molar-refractivity contribution is 5.98. The first-order valence-corrected chi connectivity index (χ1v) is 11.5. The van der Waals surface area contributed by atoms with E-state index in [0.29, 0.717) is 36.2 Å². The molecule has 0 saturated heterocycles. The second kappa shape index (κ2) is 8.86. The standard InChI is InChI=1S/C25H26N6O4/c1-14(2)22-11-23(29-35-22)28-25(33)30-8-7-17-10-18(5-6-21(17)30)34-24-19-9-15(3)31(16(4)32)12-20(19)26-13-27-24/h5-8,10-11,13-15H,9,12H2,1-4H3,(H,28,29,33)/t15-/m0/s1. The van der Waals surface area contributed by atoms with Crippen LogP contribution in [0.15, 0.2) is 47.4 Å². The topological polar surface area (TPSA) is 115 Å². The Morgan fingerprint density at radius 3 is 2.77 bits per heavy atom. The van der Waals surface area contributed by atoms with Crippen LogP contribution in [0.4, 0.5) is 10.6 Å². The van der Waals surface area contributed by atoms with E-state index in [-0.39, 0.29) is 23.9 Å². The van der Waals surface area contributed by atoms with Gasteiger partial charge in [-0.05, 0) is 37.6 Å². The minimum Gasteiger partial charge on any atom is -0.439 e. The summed E-state index contributed by atoms with van der Waals surface area (Å²) >= 11 is 0. The molecule has 3 aromatic heterocycles. The van der Waals surface area contributed by atoms with Gasteiger partial charge < -0.3 is 14.2 Å². The van der Waals surface area contributed by atoms with Crippen LogP contribution in [-0.2, 0) is 17.8 Å². The summed E-state index contributed by atoms with van der Waals surface area (Å²) in [5, 5.41) is 7.50. The van der Waals surface area contributed by atoms with Crippen LogP contribution in [0.2, 0.25) is 0 Å². The number of carbonyl (C=O) groups is 2. The Kier molecular flexibility index (Phi) is 5.72. The van der Waals surface area contributed by atoms with E-state index in [0.717, 1.165) is 22.2 Å². The Hall–Kier alpha value is -4.21. The summed E-state index contributed by atoms with van der Waals surface area (Å²) in [6, 6.07) is 8.72. The van der Waals surface area contributed by atoms with E-state index in [2.05, 4.69) is 20.4 Å². The third kappa shape index (κ3) is 4.34. The second-order valence-electron chi connectivity index (χ2n) is 9.01. The van der Waals surface area contributed by atoms with E-state index in [1.165, 1.54) is 10.9 Å². The highest BCUT2D eigenvalue weighted by Crippen LogP contribution is 2.32. The molecule has 2 amide bonds. The number of hydrogen-bond acceptors (Lipinski definition) is 7. The molecule has 0 spiro atoms. The maximum absolute atomic E-state index is 12.8. The van der Waals surface area contributed by atoms with Crippen molar-refractivity contribution >= 4 is 28.7 Å². The minimum atomic E-state index is -0.342. The van der Waals surface area contributed by atoms with Gasteiger partial charge in [0.25, 0.3) is 0 Å². The normalized spacial score (nSPS) is 15.3. The molecule has 0 fully saturated rings. The molecule has 1 atom stereocenters. The molecular weight excluding hydrogens is 448 g/mol. The third-order valence-corrected chi connectivity index (χ3v) is 6.18. The Morgan fingerprint density at radius 1 is 1.20 bits per heavy atom. The number of aromatic nitrogens is 4. The quantitative estimate of drug-likeness (QED) is 0.455. The van der Waals surface area contributed by atoms with Crippen LogP contribution in [0.1, 0.15) is 50.6 Å². The van der Waals surface area contributed by atoms with Crippen molar-refractivity contribution in [3.8, 4) is 11.6 Å². The Labute approximate surface area is 201 Å². The molecule has 0 saturated carbocycles. The summed E-state index contributed by atoms with van der Waals surface area (Å²) in [6.45, 7) is 7.99. The van der Waals surface area contributed by atoms with Crippen molar-refractivity contribution in [1.82, 2.24) is 24.6 Å². The molecule has 4 heterocycles. The largest absolute Gasteiger partial charge is 0.439 e. The zero-order chi connectivity index (χ0) is 24.7. The SMILES string of the molecule is CC(=O)N1Cc2ncnc(Oc3ccc4c(ccn4C(=O)Nc4cc(C(C)C)on4)c3)c2C[C@@H]1C. The van der Waals surface area contributed by atoms with Crippen LogP contribution in [0.3, 0.4) is 0 Å². The lowest BCUT2D eigenvalue weighted by atomic mass is 9.99. The van der Waals surface area contributed by atoms with E-state index in [9.17, 15) is 9.59 Å². The van der Waals surface area contributed by atoms with Crippen molar-refractivity contribution in [3.63, 3.8) is 0 Å². The summed E-state index contributed by atoms with van der Waals surface area (Å²) in [4.78, 5) is 35.2. The molecule has 1 aliphatic heterocycles. The summed E-state index contributed by atoms with van der Waals surface area (Å²) in [6.07, 6.45) is 3.76. The average molecular weight is 475 g/mol. The molecular formula is C25H26N6O4. The van der Waals surface area contributed by atoms with Crippen LogP contribution < -0.4 is 10.1 Å². The molecule has 35 heavy (non-hydrogen) atoms. The smallest absolute Gasteiger partial charge is 0.331 e. The lowest BCUT2D eigenvalue weighted by Gasteiger charge is -2.33. The van der Waals surface area contributed by atoms with Gasteiger partial charge in [0.15, 0.2) is 5.82 Å². The fourth-order valence-corrected chi connectivity index (χ4v) is 4.27. The first-order valence-electron chi connectivity index (χ1n) is 11.5. The first-order chi connectivity index (χ1) is 16.8. The number of rotatable bonds is 4. The lowest BCUT2D eigenvalue weighted by molar-refractivity contribution is -0.132. The molecule has 10 heteroatoms. The van der Waals surface area contributed by atoms with Gasteiger partial charge in [-0.15, -0.1) is 0 Å². The van der Waals surface area contributed by atoms with Crippen LogP contribution >= 0.6 is 0 Å². The van der Waals surface area contributed by atoms with Gasteiger partial charge in [0.1, 0.15) is 17.8 Å². The van der Waals surface area contributed by atoms with Crippen molar-refractivity contribution in [2.24, 2.45) is 0 Å². The predicted octanol–water partition coefficient (Wildman–Crippen LogP) is 4.71. The Bertz CT molecular complexity index is 1420. The molecule has 4 aromatic rings. The molecule has 0 radical (unpaired) electrons. The zero-order valence-electron chi connectivity index (χ0n) is 20.0. The highest BCUT2D eigenvalue weighted by Gasteiger charge is 2.28. The van der Waals surface area contributed by atoms with Crippen molar-refractivity contribution in [3.05, 3.63) is 59.9 Å². The maximum Gasteiger partial charge on any atom is 0.331 e. The summed E-state index contributed by atoms with van der Waals surface area (Å²) in [7, 11) is 0. The number of carbonyl (C=O) groups excluding carboxylic acids is 2. The first kappa shape index (κ1) is 22.6. The van der Waals surface area contributed by atoms with Crippen molar-refractivity contribution < 1.29 is 18.8 Å². The fourth-order valence-electron chi connectivity index (χ4n) is 4.27. The molecule has 10 nitrogen and oxygen atoms in total. The number of amides is 2. The summed E-state index contributed by atoms with van der Waals surface area (Å²) in [5.41, 5.74) is 2.42. The lowest BCUT2D eigenvalue weighted by Crippen LogP contribution is -2.41. The van der Waals surface area contributed by atoms with Crippen LogP contribution in [0, 0.1) is 0 Å². The van der Waals surface area contributed by atoms with Crippen LogP contribution in [-0.4, -0.2) is 42.6 Å². The number of nitrogens with one attached hydrogen (secondary N) is 1. The Balaban J connectivity index is 1.36. The third-order valence-electron chi connectivity index (χ3n) is 6.18. The summed E-state index contributed by atoms with van der Waals surface area (Å²) < 4.78 is 12.9. The van der Waals surface area contributed by atoms with Gasteiger partial charge in [0.05, 0.1) is 17.8 Å². The van der Waals surface area contributed by atoms with Gasteiger partial charge >= 0.3 is 6.03 Å². The second-order valence-corrected chi connectivity index (χ2v) is 9.01. The van der Waals surface area contributed by atoms with Crippen molar-refractivity contribution in [2.75, 3.05) is 5.32 Å². The molecule has 0 unspecified atom stereocenters. The predicted molar refractivity (Wildman–Crippen MR) is 128 cm³/mol. The van der Waals surface area contributed by atoms with Crippen LogP contribution in [0.25, 0.3) is 10.9 Å².